The standard InChI is InChI=1S/C23H19N5O4/c1-16-6-5-9-19(25-16)15-24-27-23(30)21(26-22(29)18-7-3-2-4-8-18)14-17-10-12-20(13-11-17)28(31)32/h2-15H,1H3,(H,26,29)(H,27,30)/b21-14-,24-15+. The number of benzene rings is 2. The molecule has 2 aromatic carbocycles. The zero-order valence-corrected chi connectivity index (χ0v) is 17.1. The number of hydrogen-bond acceptors (Lipinski definition) is 6. The predicted octanol–water partition coefficient (Wildman–Crippen LogP) is 3.22. The Morgan fingerprint density at radius 2 is 1.72 bits per heavy atom. The Hall–Kier alpha value is -4.66. The lowest BCUT2D eigenvalue weighted by Crippen LogP contribution is -2.32. The van der Waals surface area contributed by atoms with Gasteiger partial charge in [-0.25, -0.2) is 5.43 Å². The lowest BCUT2D eigenvalue weighted by atomic mass is 10.1. The van der Waals surface area contributed by atoms with Crippen LogP contribution in [0.1, 0.15) is 27.3 Å². The molecule has 0 saturated carbocycles. The molecule has 0 unspecified atom stereocenters. The Labute approximate surface area is 183 Å². The van der Waals surface area contributed by atoms with Gasteiger partial charge in [0.1, 0.15) is 5.70 Å². The molecule has 32 heavy (non-hydrogen) atoms. The number of aromatic nitrogens is 1. The number of rotatable bonds is 7. The van der Waals surface area contributed by atoms with Gasteiger partial charge in [-0.05, 0) is 55.0 Å². The third kappa shape index (κ3) is 6.17. The molecule has 0 radical (unpaired) electrons. The van der Waals surface area contributed by atoms with Gasteiger partial charge in [0.05, 0.1) is 16.8 Å². The number of amides is 2. The second-order valence-corrected chi connectivity index (χ2v) is 6.63. The smallest absolute Gasteiger partial charge is 0.287 e. The highest BCUT2D eigenvalue weighted by atomic mass is 16.6. The van der Waals surface area contributed by atoms with Crippen molar-refractivity contribution in [2.45, 2.75) is 6.92 Å². The number of carbonyl (C=O) groups excluding carboxylic acids is 2. The second-order valence-electron chi connectivity index (χ2n) is 6.63. The Kier molecular flexibility index (Phi) is 7.16. The highest BCUT2D eigenvalue weighted by Gasteiger charge is 2.14. The van der Waals surface area contributed by atoms with Crippen molar-refractivity contribution in [1.82, 2.24) is 15.7 Å². The number of nitrogens with zero attached hydrogens (tertiary/aromatic N) is 3. The number of hydrogen-bond donors (Lipinski definition) is 2. The van der Waals surface area contributed by atoms with Crippen LogP contribution in [0.25, 0.3) is 6.08 Å². The summed E-state index contributed by atoms with van der Waals surface area (Å²) in [6.45, 7) is 1.83. The van der Waals surface area contributed by atoms with Crippen LogP contribution in [0.2, 0.25) is 0 Å². The second kappa shape index (κ2) is 10.4. The zero-order chi connectivity index (χ0) is 22.9. The number of nitro benzene ring substituents is 1. The van der Waals surface area contributed by atoms with Crippen LogP contribution in [0, 0.1) is 17.0 Å². The molecule has 160 valence electrons. The molecule has 9 nitrogen and oxygen atoms in total. The minimum Gasteiger partial charge on any atom is -0.317 e. The highest BCUT2D eigenvalue weighted by molar-refractivity contribution is 6.05. The quantitative estimate of drug-likeness (QED) is 0.258. The summed E-state index contributed by atoms with van der Waals surface area (Å²) >= 11 is 0. The van der Waals surface area contributed by atoms with Crippen molar-refractivity contribution in [3.63, 3.8) is 0 Å². The molecule has 1 aromatic heterocycles. The van der Waals surface area contributed by atoms with E-state index in [-0.39, 0.29) is 11.4 Å². The normalized spacial score (nSPS) is 11.2. The molecule has 9 heteroatoms. The number of non-ortho nitro benzene ring substituents is 1. The van der Waals surface area contributed by atoms with Gasteiger partial charge in [-0.1, -0.05) is 24.3 Å². The summed E-state index contributed by atoms with van der Waals surface area (Å²) in [5.41, 5.74) is 4.39. The van der Waals surface area contributed by atoms with Crippen LogP contribution >= 0.6 is 0 Å². The SMILES string of the molecule is Cc1cccc(/C=N/NC(=O)/C(=C/c2ccc([N+](=O)[O-])cc2)NC(=O)c2ccccc2)n1. The fourth-order valence-electron chi connectivity index (χ4n) is 2.65. The first-order chi connectivity index (χ1) is 15.4. The van der Waals surface area contributed by atoms with Crippen molar-refractivity contribution in [2.75, 3.05) is 0 Å². The van der Waals surface area contributed by atoms with E-state index in [1.54, 1.807) is 36.4 Å². The molecule has 0 aliphatic carbocycles. The van der Waals surface area contributed by atoms with Gasteiger partial charge in [-0.15, -0.1) is 0 Å². The molecule has 2 N–H and O–H groups in total. The lowest BCUT2D eigenvalue weighted by Gasteiger charge is -2.09. The summed E-state index contributed by atoms with van der Waals surface area (Å²) in [6.07, 6.45) is 2.79. The van der Waals surface area contributed by atoms with Crippen molar-refractivity contribution < 1.29 is 14.5 Å². The average molecular weight is 429 g/mol. The Morgan fingerprint density at radius 3 is 2.38 bits per heavy atom. The van der Waals surface area contributed by atoms with Gasteiger partial charge in [0.15, 0.2) is 0 Å². The fraction of sp³-hybridized carbons (Fsp3) is 0.0435. The number of nitro groups is 1. The molecule has 1 heterocycles. The molecule has 3 aromatic rings. The monoisotopic (exact) mass is 429 g/mol. The number of carbonyl (C=O) groups is 2. The maximum Gasteiger partial charge on any atom is 0.287 e. The topological polar surface area (TPSA) is 127 Å². The van der Waals surface area contributed by atoms with Crippen LogP contribution in [0.15, 0.2) is 83.6 Å². The third-order valence-corrected chi connectivity index (χ3v) is 4.22. The van der Waals surface area contributed by atoms with Crippen LogP contribution < -0.4 is 10.7 Å². The maximum atomic E-state index is 12.7. The summed E-state index contributed by atoms with van der Waals surface area (Å²) in [7, 11) is 0. The first kappa shape index (κ1) is 22.0. The van der Waals surface area contributed by atoms with Crippen molar-refractivity contribution >= 4 is 29.8 Å². The van der Waals surface area contributed by atoms with Crippen LogP contribution in [-0.4, -0.2) is 27.9 Å². The molecule has 3 rings (SSSR count). The summed E-state index contributed by atoms with van der Waals surface area (Å²) in [4.78, 5) is 39.8. The van der Waals surface area contributed by atoms with Crippen molar-refractivity contribution in [1.29, 1.82) is 0 Å². The lowest BCUT2D eigenvalue weighted by molar-refractivity contribution is -0.384. The third-order valence-electron chi connectivity index (χ3n) is 4.22. The van der Waals surface area contributed by atoms with Crippen molar-refractivity contribution in [3.8, 4) is 0 Å². The summed E-state index contributed by atoms with van der Waals surface area (Å²) < 4.78 is 0. The van der Waals surface area contributed by atoms with E-state index in [2.05, 4.69) is 20.8 Å². The van der Waals surface area contributed by atoms with E-state index in [0.29, 0.717) is 16.8 Å². The molecule has 0 aliphatic heterocycles. The number of nitrogens with one attached hydrogen (secondary N) is 2. The van der Waals surface area contributed by atoms with E-state index < -0.39 is 16.7 Å². The zero-order valence-electron chi connectivity index (χ0n) is 17.1. The Bertz CT molecular complexity index is 1190. The van der Waals surface area contributed by atoms with E-state index in [4.69, 9.17) is 0 Å². The van der Waals surface area contributed by atoms with Crippen molar-refractivity contribution in [3.05, 3.63) is 111 Å². The minimum absolute atomic E-state index is 0.0814. The van der Waals surface area contributed by atoms with E-state index in [1.807, 2.05) is 19.1 Å². The van der Waals surface area contributed by atoms with Crippen LogP contribution in [-0.2, 0) is 4.79 Å². The van der Waals surface area contributed by atoms with Crippen LogP contribution in [0.4, 0.5) is 5.69 Å². The Balaban J connectivity index is 1.82. The van der Waals surface area contributed by atoms with E-state index in [0.717, 1.165) is 5.69 Å². The van der Waals surface area contributed by atoms with Gasteiger partial charge >= 0.3 is 0 Å². The maximum absolute atomic E-state index is 12.7. The molecular weight excluding hydrogens is 410 g/mol. The van der Waals surface area contributed by atoms with Crippen LogP contribution in [0.3, 0.4) is 0 Å². The van der Waals surface area contributed by atoms with E-state index in [9.17, 15) is 19.7 Å². The summed E-state index contributed by atoms with van der Waals surface area (Å²) in [6, 6.07) is 19.3. The van der Waals surface area contributed by atoms with Gasteiger partial charge in [-0.3, -0.25) is 24.7 Å². The molecular formula is C23H19N5O4. The number of hydrazone groups is 1. The van der Waals surface area contributed by atoms with Crippen molar-refractivity contribution in [2.24, 2.45) is 5.10 Å². The molecule has 0 spiro atoms. The highest BCUT2D eigenvalue weighted by Crippen LogP contribution is 2.14. The van der Waals surface area contributed by atoms with E-state index in [1.165, 1.54) is 36.6 Å². The first-order valence-electron chi connectivity index (χ1n) is 9.52. The summed E-state index contributed by atoms with van der Waals surface area (Å²) in [5.74, 6) is -1.16. The fourth-order valence-corrected chi connectivity index (χ4v) is 2.65. The first-order valence-corrected chi connectivity index (χ1v) is 9.52. The average Bonchev–Trinajstić information content (AvgIpc) is 2.79. The molecule has 0 saturated heterocycles. The van der Waals surface area contributed by atoms with Gasteiger partial charge < -0.3 is 5.32 Å². The van der Waals surface area contributed by atoms with Gasteiger partial charge in [0.25, 0.3) is 17.5 Å². The largest absolute Gasteiger partial charge is 0.317 e. The van der Waals surface area contributed by atoms with Crippen LogP contribution in [0.5, 0.6) is 0 Å². The summed E-state index contributed by atoms with van der Waals surface area (Å²) in [5, 5.41) is 17.3. The predicted molar refractivity (Wildman–Crippen MR) is 120 cm³/mol. The number of pyridine rings is 1. The molecule has 0 aliphatic rings. The van der Waals surface area contributed by atoms with Gasteiger partial charge in [0.2, 0.25) is 0 Å². The van der Waals surface area contributed by atoms with Gasteiger partial charge in [0, 0.05) is 23.4 Å². The molecule has 0 atom stereocenters. The van der Waals surface area contributed by atoms with E-state index >= 15 is 0 Å². The minimum atomic E-state index is -0.670. The molecule has 0 fully saturated rings. The van der Waals surface area contributed by atoms with Gasteiger partial charge in [-0.2, -0.15) is 5.10 Å². The molecule has 2 amide bonds. The molecule has 0 bridgehead atoms. The number of aryl methyl sites for hydroxylation is 1. The Morgan fingerprint density at radius 1 is 1.00 bits per heavy atom.